The van der Waals surface area contributed by atoms with Crippen molar-refractivity contribution in [3.63, 3.8) is 0 Å². The molecule has 1 aromatic rings. The summed E-state index contributed by atoms with van der Waals surface area (Å²) in [5, 5.41) is 2.92. The minimum atomic E-state index is 0.0348. The second kappa shape index (κ2) is 7.79. The fourth-order valence-corrected chi connectivity index (χ4v) is 1.74. The van der Waals surface area contributed by atoms with Crippen LogP contribution in [0, 0.1) is 12.8 Å². The maximum atomic E-state index is 11.8. The smallest absolute Gasteiger partial charge is 0.224 e. The van der Waals surface area contributed by atoms with Crippen LogP contribution in [-0.2, 0) is 4.79 Å². The van der Waals surface area contributed by atoms with E-state index in [4.69, 9.17) is 10.5 Å². The number of ether oxygens (including phenoxy) is 1. The largest absolute Gasteiger partial charge is 0.494 e. The molecule has 19 heavy (non-hydrogen) atoms. The molecule has 1 amide bonds. The number of carbonyl (C=O) groups is 1. The van der Waals surface area contributed by atoms with Crippen molar-refractivity contribution < 1.29 is 9.53 Å². The van der Waals surface area contributed by atoms with Gasteiger partial charge in [0.05, 0.1) is 6.61 Å². The van der Waals surface area contributed by atoms with Crippen LogP contribution in [0.5, 0.6) is 5.75 Å². The van der Waals surface area contributed by atoms with Gasteiger partial charge in [0.1, 0.15) is 5.75 Å². The van der Waals surface area contributed by atoms with E-state index in [0.29, 0.717) is 25.5 Å². The summed E-state index contributed by atoms with van der Waals surface area (Å²) in [5.41, 5.74) is 7.38. The highest BCUT2D eigenvalue weighted by Gasteiger charge is 2.08. The van der Waals surface area contributed by atoms with Crippen LogP contribution in [0.3, 0.4) is 0 Å². The Morgan fingerprint density at radius 1 is 1.47 bits per heavy atom. The number of hydrogen-bond acceptors (Lipinski definition) is 3. The lowest BCUT2D eigenvalue weighted by molar-refractivity contribution is -0.116. The third kappa shape index (κ3) is 5.30. The fourth-order valence-electron chi connectivity index (χ4n) is 1.74. The molecule has 0 aliphatic rings. The zero-order valence-corrected chi connectivity index (χ0v) is 12.0. The Morgan fingerprint density at radius 2 is 2.21 bits per heavy atom. The molecule has 1 aromatic carbocycles. The molecule has 0 bridgehead atoms. The Morgan fingerprint density at radius 3 is 2.79 bits per heavy atom. The summed E-state index contributed by atoms with van der Waals surface area (Å²) in [6.07, 6.45) is 1.32. The maximum absolute atomic E-state index is 11.8. The van der Waals surface area contributed by atoms with Gasteiger partial charge >= 0.3 is 0 Å². The van der Waals surface area contributed by atoms with Gasteiger partial charge < -0.3 is 15.8 Å². The highest BCUT2D eigenvalue weighted by molar-refractivity contribution is 5.91. The molecule has 0 aliphatic carbocycles. The summed E-state index contributed by atoms with van der Waals surface area (Å²) in [5.74, 6) is 1.24. The van der Waals surface area contributed by atoms with E-state index in [0.717, 1.165) is 23.4 Å². The van der Waals surface area contributed by atoms with Crippen LogP contribution in [0.1, 0.15) is 32.3 Å². The van der Waals surface area contributed by atoms with Crippen LogP contribution in [0.2, 0.25) is 0 Å². The number of rotatable bonds is 7. The topological polar surface area (TPSA) is 64.3 Å². The molecule has 0 saturated heterocycles. The quantitative estimate of drug-likeness (QED) is 0.796. The molecule has 1 unspecified atom stereocenters. The number of amides is 1. The number of anilines is 1. The highest BCUT2D eigenvalue weighted by Crippen LogP contribution is 2.21. The molecule has 4 nitrogen and oxygen atoms in total. The van der Waals surface area contributed by atoms with E-state index in [9.17, 15) is 4.79 Å². The molecule has 106 valence electrons. The highest BCUT2D eigenvalue weighted by atomic mass is 16.5. The number of hydrogen-bond donors (Lipinski definition) is 2. The third-order valence-corrected chi connectivity index (χ3v) is 3.05. The number of benzene rings is 1. The molecule has 0 aromatic heterocycles. The Kier molecular flexibility index (Phi) is 6.36. The van der Waals surface area contributed by atoms with E-state index in [1.165, 1.54) is 0 Å². The van der Waals surface area contributed by atoms with Crippen LogP contribution in [0.25, 0.3) is 0 Å². The molecule has 0 heterocycles. The molecule has 3 N–H and O–H groups in total. The molecule has 0 spiro atoms. The average molecular weight is 264 g/mol. The van der Waals surface area contributed by atoms with E-state index < -0.39 is 0 Å². The van der Waals surface area contributed by atoms with Crippen molar-refractivity contribution in [1.29, 1.82) is 0 Å². The molecule has 0 aliphatic heterocycles. The minimum absolute atomic E-state index is 0.0348. The van der Waals surface area contributed by atoms with E-state index in [-0.39, 0.29) is 5.91 Å². The lowest BCUT2D eigenvalue weighted by atomic mass is 10.1. The minimum Gasteiger partial charge on any atom is -0.494 e. The maximum Gasteiger partial charge on any atom is 0.224 e. The van der Waals surface area contributed by atoms with E-state index in [1.54, 1.807) is 0 Å². The van der Waals surface area contributed by atoms with Crippen LogP contribution < -0.4 is 15.8 Å². The monoisotopic (exact) mass is 264 g/mol. The average Bonchev–Trinajstić information content (AvgIpc) is 2.39. The Hall–Kier alpha value is -1.55. The second-order valence-electron chi connectivity index (χ2n) is 4.84. The first-order valence-corrected chi connectivity index (χ1v) is 6.80. The van der Waals surface area contributed by atoms with Crippen LogP contribution in [-0.4, -0.2) is 19.1 Å². The summed E-state index contributed by atoms with van der Waals surface area (Å²) in [4.78, 5) is 11.8. The Labute approximate surface area is 115 Å². The van der Waals surface area contributed by atoms with E-state index in [2.05, 4.69) is 12.2 Å². The predicted molar refractivity (Wildman–Crippen MR) is 78.4 cm³/mol. The zero-order chi connectivity index (χ0) is 14.3. The van der Waals surface area contributed by atoms with Gasteiger partial charge in [0.2, 0.25) is 5.91 Å². The van der Waals surface area contributed by atoms with Crippen molar-refractivity contribution in [3.05, 3.63) is 23.8 Å². The third-order valence-electron chi connectivity index (χ3n) is 3.05. The number of aryl methyl sites for hydroxylation is 1. The van der Waals surface area contributed by atoms with Gasteiger partial charge in [-0.2, -0.15) is 0 Å². The van der Waals surface area contributed by atoms with Crippen molar-refractivity contribution in [1.82, 2.24) is 0 Å². The fraction of sp³-hybridized carbons (Fsp3) is 0.533. The molecule has 0 saturated carbocycles. The van der Waals surface area contributed by atoms with Gasteiger partial charge in [0.25, 0.3) is 0 Å². The lowest BCUT2D eigenvalue weighted by Crippen LogP contribution is -2.16. The molecule has 1 atom stereocenters. The van der Waals surface area contributed by atoms with Gasteiger partial charge in [-0.1, -0.05) is 6.92 Å². The Balaban J connectivity index is 2.54. The first-order valence-electron chi connectivity index (χ1n) is 6.80. The molecule has 0 radical (unpaired) electrons. The zero-order valence-electron chi connectivity index (χ0n) is 12.0. The number of carbonyl (C=O) groups excluding carboxylic acids is 1. The van der Waals surface area contributed by atoms with Gasteiger partial charge in [-0.15, -0.1) is 0 Å². The van der Waals surface area contributed by atoms with Crippen molar-refractivity contribution >= 4 is 11.6 Å². The van der Waals surface area contributed by atoms with Crippen LogP contribution >= 0.6 is 0 Å². The lowest BCUT2D eigenvalue weighted by Gasteiger charge is -2.12. The predicted octanol–water partition coefficient (Wildman–Crippen LogP) is 2.71. The first-order chi connectivity index (χ1) is 9.06. The molecule has 1 rings (SSSR count). The summed E-state index contributed by atoms with van der Waals surface area (Å²) >= 11 is 0. The van der Waals surface area contributed by atoms with Crippen molar-refractivity contribution in [2.45, 2.75) is 33.6 Å². The molecular weight excluding hydrogens is 240 g/mol. The van der Waals surface area contributed by atoms with Gasteiger partial charge in [-0.05, 0) is 56.5 Å². The van der Waals surface area contributed by atoms with Crippen molar-refractivity contribution in [3.8, 4) is 5.75 Å². The number of nitrogens with two attached hydrogens (primary N) is 1. The van der Waals surface area contributed by atoms with Crippen molar-refractivity contribution in [2.24, 2.45) is 11.7 Å². The van der Waals surface area contributed by atoms with Crippen LogP contribution in [0.4, 0.5) is 5.69 Å². The van der Waals surface area contributed by atoms with Gasteiger partial charge in [-0.3, -0.25) is 4.79 Å². The molecule has 0 fully saturated rings. The van der Waals surface area contributed by atoms with Gasteiger partial charge in [0.15, 0.2) is 0 Å². The molecular formula is C15H24N2O2. The SMILES string of the molecule is CCOc1ccc(NC(=O)CCC(C)CN)c(C)c1. The van der Waals surface area contributed by atoms with E-state index in [1.807, 2.05) is 32.0 Å². The first kappa shape index (κ1) is 15.5. The van der Waals surface area contributed by atoms with Gasteiger partial charge in [-0.25, -0.2) is 0 Å². The van der Waals surface area contributed by atoms with Gasteiger partial charge in [0, 0.05) is 12.1 Å². The summed E-state index contributed by atoms with van der Waals surface area (Å²) < 4.78 is 5.41. The number of nitrogens with one attached hydrogen (secondary N) is 1. The van der Waals surface area contributed by atoms with E-state index >= 15 is 0 Å². The van der Waals surface area contributed by atoms with Crippen LogP contribution in [0.15, 0.2) is 18.2 Å². The summed E-state index contributed by atoms with van der Waals surface area (Å²) in [6.45, 7) is 7.22. The Bertz CT molecular complexity index is 419. The summed E-state index contributed by atoms with van der Waals surface area (Å²) in [7, 11) is 0. The summed E-state index contributed by atoms with van der Waals surface area (Å²) in [6, 6.07) is 5.68. The standard InChI is InChI=1S/C15H24N2O2/c1-4-19-13-6-7-14(12(3)9-13)17-15(18)8-5-11(2)10-16/h6-7,9,11H,4-5,8,10,16H2,1-3H3,(H,17,18). The second-order valence-corrected chi connectivity index (χ2v) is 4.84. The molecule has 4 heteroatoms. The van der Waals surface area contributed by atoms with Crippen molar-refractivity contribution in [2.75, 3.05) is 18.5 Å². The normalized spacial score (nSPS) is 12.0.